The predicted molar refractivity (Wildman–Crippen MR) is 113 cm³/mol. The van der Waals surface area contributed by atoms with Crippen molar-refractivity contribution in [2.24, 2.45) is 0 Å². The Labute approximate surface area is 174 Å². The van der Waals surface area contributed by atoms with Crippen molar-refractivity contribution >= 4 is 28.9 Å². The van der Waals surface area contributed by atoms with Crippen molar-refractivity contribution in [2.45, 2.75) is 19.8 Å². The first-order chi connectivity index (χ1) is 14.5. The van der Waals surface area contributed by atoms with Crippen LogP contribution in [0.25, 0.3) is 0 Å². The molecule has 0 saturated carbocycles. The highest BCUT2D eigenvalue weighted by atomic mass is 16.6. The number of anilines is 2. The molecule has 9 heteroatoms. The van der Waals surface area contributed by atoms with Crippen molar-refractivity contribution in [2.75, 3.05) is 36.5 Å². The van der Waals surface area contributed by atoms with E-state index in [1.165, 1.54) is 12.1 Å². The number of nitrogens with zero attached hydrogens (tertiary/aromatic N) is 2. The minimum absolute atomic E-state index is 0.165. The van der Waals surface area contributed by atoms with Crippen LogP contribution >= 0.6 is 0 Å². The van der Waals surface area contributed by atoms with Crippen LogP contribution in [0.4, 0.5) is 17.1 Å². The molecule has 0 radical (unpaired) electrons. The standard InChI is InChI=1S/C21H24N4O5/c1-2-30-17-8-5-15(6-9-17)23-20(26)14-22-21(27)18-13-16(25(28)29)7-10-19(18)24-11-3-4-12-24/h5-10,13H,2-4,11-12,14H2,1H3,(H,22,27)(H,23,26). The molecule has 2 aromatic rings. The Bertz CT molecular complexity index is 923. The van der Waals surface area contributed by atoms with Crippen molar-refractivity contribution in [3.05, 3.63) is 58.1 Å². The summed E-state index contributed by atoms with van der Waals surface area (Å²) in [5.41, 5.74) is 1.25. The van der Waals surface area contributed by atoms with Crippen LogP contribution in [0.1, 0.15) is 30.1 Å². The number of nitro groups is 1. The van der Waals surface area contributed by atoms with Crippen LogP contribution in [0, 0.1) is 10.1 Å². The summed E-state index contributed by atoms with van der Waals surface area (Å²) < 4.78 is 5.35. The number of benzene rings is 2. The van der Waals surface area contributed by atoms with Gasteiger partial charge in [0.05, 0.1) is 29.3 Å². The second kappa shape index (κ2) is 9.73. The monoisotopic (exact) mass is 412 g/mol. The second-order valence-corrected chi connectivity index (χ2v) is 6.84. The molecule has 0 aromatic heterocycles. The topological polar surface area (TPSA) is 114 Å². The molecule has 0 bridgehead atoms. The first-order valence-electron chi connectivity index (χ1n) is 9.82. The Balaban J connectivity index is 1.65. The number of hydrogen-bond donors (Lipinski definition) is 2. The van der Waals surface area contributed by atoms with E-state index in [9.17, 15) is 19.7 Å². The van der Waals surface area contributed by atoms with E-state index in [0.29, 0.717) is 23.7 Å². The first kappa shape index (κ1) is 21.1. The number of rotatable bonds is 8. The number of non-ortho nitro benzene ring substituents is 1. The Kier molecular flexibility index (Phi) is 6.84. The van der Waals surface area contributed by atoms with Gasteiger partial charge in [0.15, 0.2) is 0 Å². The Morgan fingerprint density at radius 1 is 1.13 bits per heavy atom. The molecule has 0 aliphatic carbocycles. The molecule has 2 amide bonds. The number of hydrogen-bond acceptors (Lipinski definition) is 6. The van der Waals surface area contributed by atoms with E-state index in [0.717, 1.165) is 25.9 Å². The van der Waals surface area contributed by atoms with Gasteiger partial charge in [0, 0.05) is 30.9 Å². The quantitative estimate of drug-likeness (QED) is 0.509. The molecule has 1 saturated heterocycles. The molecule has 30 heavy (non-hydrogen) atoms. The lowest BCUT2D eigenvalue weighted by Crippen LogP contribution is -2.34. The maximum atomic E-state index is 12.7. The van der Waals surface area contributed by atoms with Gasteiger partial charge in [0.1, 0.15) is 5.75 Å². The summed E-state index contributed by atoms with van der Waals surface area (Å²) >= 11 is 0. The smallest absolute Gasteiger partial charge is 0.270 e. The number of carbonyl (C=O) groups excluding carboxylic acids is 2. The fraction of sp³-hybridized carbons (Fsp3) is 0.333. The van der Waals surface area contributed by atoms with Crippen molar-refractivity contribution < 1.29 is 19.2 Å². The van der Waals surface area contributed by atoms with Crippen molar-refractivity contribution in [3.8, 4) is 5.75 Å². The molecular weight excluding hydrogens is 388 g/mol. The molecule has 0 spiro atoms. The molecule has 0 atom stereocenters. The lowest BCUT2D eigenvalue weighted by molar-refractivity contribution is -0.384. The van der Waals surface area contributed by atoms with Crippen LogP contribution in [0.15, 0.2) is 42.5 Å². The zero-order chi connectivity index (χ0) is 21.5. The average Bonchev–Trinajstić information content (AvgIpc) is 3.28. The highest BCUT2D eigenvalue weighted by Gasteiger charge is 2.22. The Hall–Kier alpha value is -3.62. The molecule has 1 fully saturated rings. The molecule has 1 aliphatic rings. The molecule has 1 aliphatic heterocycles. The third kappa shape index (κ3) is 5.25. The molecular formula is C21H24N4O5. The average molecular weight is 412 g/mol. The SMILES string of the molecule is CCOc1ccc(NC(=O)CNC(=O)c2cc([N+](=O)[O-])ccc2N2CCCC2)cc1. The van der Waals surface area contributed by atoms with E-state index < -0.39 is 16.7 Å². The third-order valence-electron chi connectivity index (χ3n) is 4.74. The van der Waals surface area contributed by atoms with Gasteiger partial charge in [0.2, 0.25) is 5.91 Å². The van der Waals surface area contributed by atoms with Gasteiger partial charge >= 0.3 is 0 Å². The van der Waals surface area contributed by atoms with Crippen LogP contribution < -0.4 is 20.3 Å². The zero-order valence-corrected chi connectivity index (χ0v) is 16.7. The van der Waals surface area contributed by atoms with Gasteiger partial charge in [-0.15, -0.1) is 0 Å². The highest BCUT2D eigenvalue weighted by molar-refractivity contribution is 6.03. The molecule has 3 rings (SSSR count). The first-order valence-corrected chi connectivity index (χ1v) is 9.82. The van der Waals surface area contributed by atoms with Gasteiger partial charge in [-0.1, -0.05) is 0 Å². The van der Waals surface area contributed by atoms with Gasteiger partial charge in [0.25, 0.3) is 11.6 Å². The summed E-state index contributed by atoms with van der Waals surface area (Å²) in [7, 11) is 0. The fourth-order valence-electron chi connectivity index (χ4n) is 3.32. The third-order valence-corrected chi connectivity index (χ3v) is 4.74. The number of nitro benzene ring substituents is 1. The lowest BCUT2D eigenvalue weighted by Gasteiger charge is -2.20. The molecule has 158 valence electrons. The predicted octanol–water partition coefficient (Wildman–Crippen LogP) is 2.96. The van der Waals surface area contributed by atoms with Crippen LogP contribution in [-0.2, 0) is 4.79 Å². The number of ether oxygens (including phenoxy) is 1. The van der Waals surface area contributed by atoms with Crippen LogP contribution in [0.5, 0.6) is 5.75 Å². The van der Waals surface area contributed by atoms with E-state index in [2.05, 4.69) is 10.6 Å². The van der Waals surface area contributed by atoms with Gasteiger partial charge in [-0.25, -0.2) is 0 Å². The summed E-state index contributed by atoms with van der Waals surface area (Å²) in [6.07, 6.45) is 2.01. The molecule has 2 aromatic carbocycles. The molecule has 1 heterocycles. The van der Waals surface area contributed by atoms with Gasteiger partial charge in [-0.05, 0) is 50.1 Å². The maximum absolute atomic E-state index is 12.7. The van der Waals surface area contributed by atoms with E-state index >= 15 is 0 Å². The van der Waals surface area contributed by atoms with Crippen molar-refractivity contribution in [3.63, 3.8) is 0 Å². The Morgan fingerprint density at radius 2 is 1.83 bits per heavy atom. The van der Waals surface area contributed by atoms with E-state index in [-0.39, 0.29) is 17.8 Å². The molecule has 0 unspecified atom stereocenters. The second-order valence-electron chi connectivity index (χ2n) is 6.84. The highest BCUT2D eigenvalue weighted by Crippen LogP contribution is 2.28. The van der Waals surface area contributed by atoms with E-state index in [1.807, 2.05) is 11.8 Å². The minimum Gasteiger partial charge on any atom is -0.494 e. The lowest BCUT2D eigenvalue weighted by atomic mass is 10.1. The maximum Gasteiger partial charge on any atom is 0.270 e. The largest absolute Gasteiger partial charge is 0.494 e. The summed E-state index contributed by atoms with van der Waals surface area (Å²) in [6, 6.07) is 11.1. The van der Waals surface area contributed by atoms with Crippen molar-refractivity contribution in [1.82, 2.24) is 5.32 Å². The summed E-state index contributed by atoms with van der Waals surface area (Å²) in [4.78, 5) is 37.5. The fourth-order valence-corrected chi connectivity index (χ4v) is 3.32. The summed E-state index contributed by atoms with van der Waals surface area (Å²) in [6.45, 7) is 3.75. The van der Waals surface area contributed by atoms with Gasteiger partial charge in [-0.2, -0.15) is 0 Å². The van der Waals surface area contributed by atoms with Gasteiger partial charge < -0.3 is 20.3 Å². The van der Waals surface area contributed by atoms with E-state index in [1.54, 1.807) is 30.3 Å². The molecule has 2 N–H and O–H groups in total. The number of carbonyl (C=O) groups is 2. The van der Waals surface area contributed by atoms with E-state index in [4.69, 9.17) is 4.74 Å². The van der Waals surface area contributed by atoms with Crippen LogP contribution in [-0.4, -0.2) is 43.0 Å². The summed E-state index contributed by atoms with van der Waals surface area (Å²) in [5, 5.41) is 16.4. The van der Waals surface area contributed by atoms with Crippen molar-refractivity contribution in [1.29, 1.82) is 0 Å². The minimum atomic E-state index is -0.539. The molecule has 9 nitrogen and oxygen atoms in total. The Morgan fingerprint density at radius 3 is 2.47 bits per heavy atom. The van der Waals surface area contributed by atoms with Gasteiger partial charge in [-0.3, -0.25) is 19.7 Å². The number of nitrogens with one attached hydrogen (secondary N) is 2. The normalized spacial score (nSPS) is 13.0. The van der Waals surface area contributed by atoms with Crippen LogP contribution in [0.3, 0.4) is 0 Å². The zero-order valence-electron chi connectivity index (χ0n) is 16.7. The van der Waals surface area contributed by atoms with Crippen LogP contribution in [0.2, 0.25) is 0 Å². The summed E-state index contributed by atoms with van der Waals surface area (Å²) in [5.74, 6) is -0.230. The number of amides is 2.